The number of carbonyl (C=O) groups excluding carboxylic acids is 1. The number of carbonyl (C=O) groups is 1. The Labute approximate surface area is 232 Å². The summed E-state index contributed by atoms with van der Waals surface area (Å²) in [4.78, 5) is 14.6. The summed E-state index contributed by atoms with van der Waals surface area (Å²) in [6.45, 7) is 1.43. The molecule has 10 nitrogen and oxygen atoms in total. The summed E-state index contributed by atoms with van der Waals surface area (Å²) in [5, 5.41) is 21.4. The quantitative estimate of drug-likeness (QED) is 0.344. The normalized spacial score (nSPS) is 16.5. The molecule has 2 aromatic heterocycles. The van der Waals surface area contributed by atoms with Gasteiger partial charge in [-0.1, -0.05) is 23.5 Å². The maximum Gasteiger partial charge on any atom is 0.291 e. The third-order valence-corrected chi connectivity index (χ3v) is 9.64. The monoisotopic (exact) mass is 583 g/mol. The predicted molar refractivity (Wildman–Crippen MR) is 143 cm³/mol. The van der Waals surface area contributed by atoms with Gasteiger partial charge in [-0.2, -0.15) is 15.1 Å². The number of halogens is 2. The van der Waals surface area contributed by atoms with Crippen molar-refractivity contribution >= 4 is 38.2 Å². The lowest BCUT2D eigenvalue weighted by atomic mass is 10.0. The number of amides is 1. The Morgan fingerprint density at radius 3 is 2.45 bits per heavy atom. The van der Waals surface area contributed by atoms with Crippen LogP contribution in [0.15, 0.2) is 41.3 Å². The Bertz CT molecular complexity index is 1780. The molecule has 1 saturated carbocycles. The molecular formula is C26H23F2N7O3S2. The number of alkyl halides is 2. The van der Waals surface area contributed by atoms with E-state index in [9.17, 15) is 27.3 Å². The van der Waals surface area contributed by atoms with Crippen LogP contribution >= 0.6 is 11.3 Å². The first-order valence-corrected chi connectivity index (χ1v) is 14.9. The van der Waals surface area contributed by atoms with Crippen molar-refractivity contribution in [2.24, 2.45) is 7.05 Å². The van der Waals surface area contributed by atoms with E-state index in [1.165, 1.54) is 16.8 Å². The molecule has 0 spiro atoms. The first-order valence-electron chi connectivity index (χ1n) is 12.6. The van der Waals surface area contributed by atoms with Gasteiger partial charge in [-0.3, -0.25) is 9.48 Å². The molecule has 1 amide bonds. The largest absolute Gasteiger partial charge is 0.339 e. The van der Waals surface area contributed by atoms with Crippen LogP contribution in [0.1, 0.15) is 47.5 Å². The van der Waals surface area contributed by atoms with E-state index in [2.05, 4.69) is 20.0 Å². The molecule has 0 bridgehead atoms. The second-order valence-electron chi connectivity index (χ2n) is 9.96. The molecule has 14 heteroatoms. The van der Waals surface area contributed by atoms with Gasteiger partial charge >= 0.3 is 0 Å². The molecule has 1 N–H and O–H groups in total. The Kier molecular flexibility index (Phi) is 6.40. The lowest BCUT2D eigenvalue weighted by Gasteiger charge is -2.16. The zero-order chi connectivity index (χ0) is 28.2. The fourth-order valence-electron chi connectivity index (χ4n) is 4.92. The Balaban J connectivity index is 1.50. The standard InChI is InChI=1S/C26H23F2N7O3S2/c1-34-21-18(15-4-6-16(7-5-15)25(36)35-10-2-3-11-35)12-17(40(37,38)33-26(14-29)8-9-26)13-19(21)20(32-34)23-30-31-24(39-23)22(27)28/h4-7,12-13,22,33H,2-3,8-11H2,1H3. The molecule has 2 aromatic carbocycles. The first kappa shape index (κ1) is 26.4. The Morgan fingerprint density at radius 1 is 1.15 bits per heavy atom. The number of hydrogen-bond acceptors (Lipinski definition) is 8. The van der Waals surface area contributed by atoms with Gasteiger partial charge in [0, 0.05) is 36.7 Å². The van der Waals surface area contributed by atoms with Crippen LogP contribution in [-0.2, 0) is 17.1 Å². The lowest BCUT2D eigenvalue weighted by molar-refractivity contribution is 0.0793. The van der Waals surface area contributed by atoms with E-state index in [-0.39, 0.29) is 21.5 Å². The topological polar surface area (TPSA) is 134 Å². The van der Waals surface area contributed by atoms with E-state index >= 15 is 0 Å². The molecular weight excluding hydrogens is 560 g/mol. The highest BCUT2D eigenvalue weighted by Crippen LogP contribution is 2.40. The van der Waals surface area contributed by atoms with Gasteiger partial charge in [-0.05, 0) is 55.5 Å². The molecule has 2 aliphatic rings. The van der Waals surface area contributed by atoms with Crippen LogP contribution < -0.4 is 4.72 Å². The van der Waals surface area contributed by atoms with E-state index in [0.717, 1.165) is 25.9 Å². The predicted octanol–water partition coefficient (Wildman–Crippen LogP) is 4.27. The van der Waals surface area contributed by atoms with Crippen LogP contribution in [0.2, 0.25) is 0 Å². The maximum atomic E-state index is 13.4. The van der Waals surface area contributed by atoms with E-state index in [4.69, 9.17) is 0 Å². The number of sulfonamides is 1. The van der Waals surface area contributed by atoms with Crippen molar-refractivity contribution in [1.29, 1.82) is 5.26 Å². The highest BCUT2D eigenvalue weighted by Gasteiger charge is 2.47. The molecule has 1 aliphatic carbocycles. The highest BCUT2D eigenvalue weighted by molar-refractivity contribution is 7.89. The minimum absolute atomic E-state index is 0.0603. The molecule has 2 fully saturated rings. The van der Waals surface area contributed by atoms with Crippen molar-refractivity contribution in [2.75, 3.05) is 13.1 Å². The molecule has 3 heterocycles. The summed E-state index contributed by atoms with van der Waals surface area (Å²) < 4.78 is 57.4. The summed E-state index contributed by atoms with van der Waals surface area (Å²) in [6.07, 6.45) is -0.0479. The molecule has 206 valence electrons. The molecule has 6 rings (SSSR count). The number of benzene rings is 2. The molecule has 1 saturated heterocycles. The zero-order valence-electron chi connectivity index (χ0n) is 21.3. The minimum Gasteiger partial charge on any atom is -0.339 e. The Morgan fingerprint density at radius 2 is 1.85 bits per heavy atom. The van der Waals surface area contributed by atoms with Crippen molar-refractivity contribution in [3.63, 3.8) is 0 Å². The number of aromatic nitrogens is 4. The number of nitrogens with one attached hydrogen (secondary N) is 1. The van der Waals surface area contributed by atoms with Gasteiger partial charge in [0.1, 0.15) is 11.2 Å². The van der Waals surface area contributed by atoms with Crippen LogP contribution in [0, 0.1) is 11.3 Å². The molecule has 0 atom stereocenters. The summed E-state index contributed by atoms with van der Waals surface area (Å²) in [7, 11) is -2.48. The van der Waals surface area contributed by atoms with Gasteiger partial charge in [-0.15, -0.1) is 10.2 Å². The zero-order valence-corrected chi connectivity index (χ0v) is 22.9. The van der Waals surface area contributed by atoms with Crippen LogP contribution in [-0.4, -0.2) is 57.8 Å². The van der Waals surface area contributed by atoms with Crippen molar-refractivity contribution in [2.45, 2.75) is 42.5 Å². The van der Waals surface area contributed by atoms with Crippen molar-refractivity contribution < 1.29 is 22.0 Å². The fourth-order valence-corrected chi connectivity index (χ4v) is 7.04. The summed E-state index contributed by atoms with van der Waals surface area (Å²) in [5.74, 6) is -0.0603. The number of hydrogen-bond donors (Lipinski definition) is 1. The maximum absolute atomic E-state index is 13.4. The summed E-state index contributed by atoms with van der Waals surface area (Å²) in [5.41, 5.74) is 1.26. The molecule has 4 aromatic rings. The summed E-state index contributed by atoms with van der Waals surface area (Å²) >= 11 is 0.680. The van der Waals surface area contributed by atoms with Gasteiger partial charge in [0.2, 0.25) is 10.0 Å². The van der Waals surface area contributed by atoms with Crippen LogP contribution in [0.3, 0.4) is 0 Å². The number of nitrogens with zero attached hydrogens (tertiary/aromatic N) is 6. The van der Waals surface area contributed by atoms with Gasteiger partial charge in [-0.25, -0.2) is 17.2 Å². The minimum atomic E-state index is -4.14. The van der Waals surface area contributed by atoms with Crippen molar-refractivity contribution in [3.05, 3.63) is 47.0 Å². The SMILES string of the molecule is Cn1nc(-c2nnc(C(F)F)s2)c2cc(S(=O)(=O)NC3(C#N)CC3)cc(-c3ccc(C(=O)N4CCCC4)cc3)c21. The third-order valence-electron chi connectivity index (χ3n) is 7.18. The lowest BCUT2D eigenvalue weighted by Crippen LogP contribution is -2.35. The van der Waals surface area contributed by atoms with Crippen LogP contribution in [0.4, 0.5) is 8.78 Å². The van der Waals surface area contributed by atoms with Gasteiger partial charge in [0.15, 0.2) is 10.0 Å². The Hall–Kier alpha value is -3.80. The number of fused-ring (bicyclic) bond motifs is 1. The van der Waals surface area contributed by atoms with Crippen LogP contribution in [0.25, 0.3) is 32.7 Å². The first-order chi connectivity index (χ1) is 19.1. The average molecular weight is 584 g/mol. The third kappa shape index (κ3) is 4.63. The van der Waals surface area contributed by atoms with Crippen molar-refractivity contribution in [3.8, 4) is 27.9 Å². The molecule has 40 heavy (non-hydrogen) atoms. The second kappa shape index (κ2) is 9.69. The smallest absolute Gasteiger partial charge is 0.291 e. The van der Waals surface area contributed by atoms with Gasteiger partial charge in [0.05, 0.1) is 16.5 Å². The number of rotatable bonds is 7. The summed E-state index contributed by atoms with van der Waals surface area (Å²) in [6, 6.07) is 11.8. The molecule has 0 radical (unpaired) electrons. The van der Waals surface area contributed by atoms with E-state index in [1.807, 2.05) is 6.07 Å². The average Bonchev–Trinajstić information content (AvgIpc) is 3.33. The number of aryl methyl sites for hydroxylation is 1. The number of likely N-dealkylation sites (tertiary alicyclic amines) is 1. The van der Waals surface area contributed by atoms with Gasteiger partial charge in [0.25, 0.3) is 12.3 Å². The van der Waals surface area contributed by atoms with Crippen molar-refractivity contribution in [1.82, 2.24) is 29.6 Å². The van der Waals surface area contributed by atoms with E-state index in [1.54, 1.807) is 36.2 Å². The highest BCUT2D eigenvalue weighted by atomic mass is 32.2. The fraction of sp³-hybridized carbons (Fsp3) is 0.346. The van der Waals surface area contributed by atoms with Gasteiger partial charge < -0.3 is 4.90 Å². The molecule has 0 unspecified atom stereocenters. The second-order valence-corrected chi connectivity index (χ2v) is 12.7. The van der Waals surface area contributed by atoms with E-state index in [0.29, 0.717) is 51.8 Å². The number of nitriles is 1. The van der Waals surface area contributed by atoms with Crippen LogP contribution in [0.5, 0.6) is 0 Å². The van der Waals surface area contributed by atoms with E-state index < -0.39 is 27.0 Å². The molecule has 1 aliphatic heterocycles.